The monoisotopic (exact) mass is 499 g/mol. The summed E-state index contributed by atoms with van der Waals surface area (Å²) in [4.78, 5) is 25.9. The van der Waals surface area contributed by atoms with Crippen molar-refractivity contribution in [2.24, 2.45) is 0 Å². The average Bonchev–Trinajstić information content (AvgIpc) is 3.19. The molecule has 0 spiro atoms. The highest BCUT2D eigenvalue weighted by Crippen LogP contribution is 2.37. The fourth-order valence-corrected chi connectivity index (χ4v) is 5.10. The predicted molar refractivity (Wildman–Crippen MR) is 146 cm³/mol. The molecule has 194 valence electrons. The molecular formula is C32H37NO4. The lowest BCUT2D eigenvalue weighted by atomic mass is 9.90. The summed E-state index contributed by atoms with van der Waals surface area (Å²) in [5.41, 5.74) is 5.40. The van der Waals surface area contributed by atoms with Crippen LogP contribution in [0.1, 0.15) is 60.9 Å². The van der Waals surface area contributed by atoms with Crippen molar-refractivity contribution < 1.29 is 19.4 Å². The van der Waals surface area contributed by atoms with E-state index in [-0.39, 0.29) is 24.5 Å². The summed E-state index contributed by atoms with van der Waals surface area (Å²) in [6.45, 7) is 6.66. The van der Waals surface area contributed by atoms with Crippen LogP contribution < -0.4 is 4.74 Å². The number of carboxylic acid groups (broad SMARTS) is 1. The second-order valence-corrected chi connectivity index (χ2v) is 10.7. The summed E-state index contributed by atoms with van der Waals surface area (Å²) in [5.74, 6) is 0.214. The van der Waals surface area contributed by atoms with Gasteiger partial charge in [0, 0.05) is 19.4 Å². The SMILES string of the molecule is CC(C)c1ccc(C[C@@]2(C)Cc3cc(CC(=O)N(CCCc4ccccc4)CC(=O)O)ccc3O2)cc1. The minimum absolute atomic E-state index is 0.165. The minimum atomic E-state index is -0.993. The summed E-state index contributed by atoms with van der Waals surface area (Å²) in [7, 11) is 0. The number of carbonyl (C=O) groups excluding carboxylic acids is 1. The second kappa shape index (κ2) is 11.6. The van der Waals surface area contributed by atoms with Crippen LogP contribution in [-0.2, 0) is 35.3 Å². The molecule has 0 unspecified atom stereocenters. The Hall–Kier alpha value is -3.60. The number of hydrogen-bond donors (Lipinski definition) is 1. The molecule has 0 radical (unpaired) electrons. The van der Waals surface area contributed by atoms with Gasteiger partial charge in [-0.1, -0.05) is 80.6 Å². The molecule has 0 bridgehead atoms. The number of amides is 1. The van der Waals surface area contributed by atoms with Crippen molar-refractivity contribution in [3.63, 3.8) is 0 Å². The number of fused-ring (bicyclic) bond motifs is 1. The zero-order valence-corrected chi connectivity index (χ0v) is 22.1. The summed E-state index contributed by atoms with van der Waals surface area (Å²) >= 11 is 0. The van der Waals surface area contributed by atoms with Gasteiger partial charge in [-0.05, 0) is 59.6 Å². The number of benzene rings is 3. The maximum Gasteiger partial charge on any atom is 0.323 e. The van der Waals surface area contributed by atoms with Crippen molar-refractivity contribution in [3.8, 4) is 5.75 Å². The summed E-state index contributed by atoms with van der Waals surface area (Å²) in [6, 6.07) is 24.7. The predicted octanol–water partition coefficient (Wildman–Crippen LogP) is 5.83. The number of carbonyl (C=O) groups is 2. The first-order valence-corrected chi connectivity index (χ1v) is 13.1. The van der Waals surface area contributed by atoms with E-state index < -0.39 is 5.97 Å². The first-order valence-electron chi connectivity index (χ1n) is 13.1. The average molecular weight is 500 g/mol. The van der Waals surface area contributed by atoms with E-state index >= 15 is 0 Å². The third kappa shape index (κ3) is 7.22. The zero-order chi connectivity index (χ0) is 26.4. The van der Waals surface area contributed by atoms with Gasteiger partial charge in [0.25, 0.3) is 0 Å². The van der Waals surface area contributed by atoms with E-state index in [1.807, 2.05) is 48.5 Å². The smallest absolute Gasteiger partial charge is 0.323 e. The third-order valence-electron chi connectivity index (χ3n) is 7.04. The van der Waals surface area contributed by atoms with Gasteiger partial charge in [0.15, 0.2) is 0 Å². The first-order chi connectivity index (χ1) is 17.7. The number of carboxylic acids is 1. The fraction of sp³-hybridized carbons (Fsp3) is 0.375. The Labute approximate surface area is 220 Å². The van der Waals surface area contributed by atoms with Gasteiger partial charge in [0.2, 0.25) is 5.91 Å². The molecule has 1 heterocycles. The molecule has 5 heteroatoms. The van der Waals surface area contributed by atoms with Crippen LogP contribution in [0.2, 0.25) is 0 Å². The van der Waals surface area contributed by atoms with Gasteiger partial charge in [-0.25, -0.2) is 0 Å². The number of aliphatic carboxylic acids is 1. The zero-order valence-electron chi connectivity index (χ0n) is 22.1. The molecule has 1 aliphatic rings. The van der Waals surface area contributed by atoms with Gasteiger partial charge in [-0.3, -0.25) is 9.59 Å². The van der Waals surface area contributed by atoms with Crippen LogP contribution in [0.4, 0.5) is 0 Å². The lowest BCUT2D eigenvalue weighted by Crippen LogP contribution is -2.37. The van der Waals surface area contributed by atoms with Gasteiger partial charge in [0.05, 0.1) is 6.42 Å². The number of hydrogen-bond acceptors (Lipinski definition) is 3. The standard InChI is InChI=1S/C32H37NO4/c1-23(2)27-14-11-25(12-15-27)20-32(3)21-28-18-26(13-16-29(28)37-32)19-30(34)33(22-31(35)36)17-7-10-24-8-5-4-6-9-24/h4-6,8-9,11-16,18,23H,7,10,17,19-22H2,1-3H3,(H,35,36)/t32-/m0/s1. The molecule has 5 nitrogen and oxygen atoms in total. The summed E-state index contributed by atoms with van der Waals surface area (Å²) in [5, 5.41) is 9.35. The van der Waals surface area contributed by atoms with E-state index in [2.05, 4.69) is 45.0 Å². The van der Waals surface area contributed by atoms with Gasteiger partial charge in [-0.2, -0.15) is 0 Å². The van der Waals surface area contributed by atoms with Gasteiger partial charge in [0.1, 0.15) is 17.9 Å². The van der Waals surface area contributed by atoms with Crippen LogP contribution in [0, 0.1) is 0 Å². The highest BCUT2D eigenvalue weighted by molar-refractivity contribution is 5.83. The molecule has 0 aromatic heterocycles. The molecule has 37 heavy (non-hydrogen) atoms. The molecule has 0 fully saturated rings. The lowest BCUT2D eigenvalue weighted by Gasteiger charge is -2.24. The van der Waals surface area contributed by atoms with E-state index in [9.17, 15) is 14.7 Å². The van der Waals surface area contributed by atoms with Crippen molar-refractivity contribution in [2.45, 2.75) is 64.4 Å². The van der Waals surface area contributed by atoms with Crippen LogP contribution in [0.25, 0.3) is 0 Å². The maximum absolute atomic E-state index is 13.1. The van der Waals surface area contributed by atoms with Crippen LogP contribution >= 0.6 is 0 Å². The molecular weight excluding hydrogens is 462 g/mol. The van der Waals surface area contributed by atoms with Crippen molar-refractivity contribution in [1.29, 1.82) is 0 Å². The number of rotatable bonds is 11. The Morgan fingerprint density at radius 1 is 0.973 bits per heavy atom. The molecule has 1 atom stereocenters. The van der Waals surface area contributed by atoms with Crippen LogP contribution in [0.15, 0.2) is 72.8 Å². The number of ether oxygens (including phenoxy) is 1. The third-order valence-corrected chi connectivity index (χ3v) is 7.04. The van der Waals surface area contributed by atoms with Crippen LogP contribution in [0.5, 0.6) is 5.75 Å². The van der Waals surface area contributed by atoms with Crippen LogP contribution in [-0.4, -0.2) is 40.6 Å². The lowest BCUT2D eigenvalue weighted by molar-refractivity contribution is -0.144. The second-order valence-electron chi connectivity index (χ2n) is 10.7. The van der Waals surface area contributed by atoms with Crippen molar-refractivity contribution in [2.75, 3.05) is 13.1 Å². The molecule has 3 aromatic carbocycles. The van der Waals surface area contributed by atoms with Crippen LogP contribution in [0.3, 0.4) is 0 Å². The highest BCUT2D eigenvalue weighted by Gasteiger charge is 2.35. The van der Waals surface area contributed by atoms with Gasteiger partial charge < -0.3 is 14.7 Å². The maximum atomic E-state index is 13.1. The van der Waals surface area contributed by atoms with E-state index in [0.29, 0.717) is 12.5 Å². The topological polar surface area (TPSA) is 66.8 Å². The van der Waals surface area contributed by atoms with Crippen molar-refractivity contribution in [1.82, 2.24) is 4.90 Å². The normalized spacial score (nSPS) is 16.3. The fourth-order valence-electron chi connectivity index (χ4n) is 5.10. The first kappa shape index (κ1) is 26.5. The Balaban J connectivity index is 1.37. The van der Waals surface area contributed by atoms with E-state index in [0.717, 1.165) is 42.6 Å². The molecule has 0 saturated heterocycles. The van der Waals surface area contributed by atoms with Gasteiger partial charge in [-0.15, -0.1) is 0 Å². The number of nitrogens with zero attached hydrogens (tertiary/aromatic N) is 1. The van der Waals surface area contributed by atoms with Crippen molar-refractivity contribution >= 4 is 11.9 Å². The molecule has 1 amide bonds. The van der Waals surface area contributed by atoms with E-state index in [4.69, 9.17) is 4.74 Å². The van der Waals surface area contributed by atoms with Crippen molar-refractivity contribution in [3.05, 3.63) is 101 Å². The van der Waals surface area contributed by atoms with Gasteiger partial charge >= 0.3 is 5.97 Å². The molecule has 0 aliphatic carbocycles. The summed E-state index contributed by atoms with van der Waals surface area (Å²) < 4.78 is 6.36. The molecule has 1 aliphatic heterocycles. The largest absolute Gasteiger partial charge is 0.487 e. The van der Waals surface area contributed by atoms with E-state index in [1.54, 1.807) is 0 Å². The molecule has 0 saturated carbocycles. The molecule has 4 rings (SSSR count). The molecule has 1 N–H and O–H groups in total. The molecule has 3 aromatic rings. The number of aryl methyl sites for hydroxylation is 1. The minimum Gasteiger partial charge on any atom is -0.487 e. The quantitative estimate of drug-likeness (QED) is 0.360. The summed E-state index contributed by atoms with van der Waals surface area (Å²) in [6.07, 6.45) is 3.28. The Kier molecular flexibility index (Phi) is 8.32. The Morgan fingerprint density at radius 2 is 1.68 bits per heavy atom. The Morgan fingerprint density at radius 3 is 2.35 bits per heavy atom. The van der Waals surface area contributed by atoms with E-state index in [1.165, 1.54) is 21.6 Å². The highest BCUT2D eigenvalue weighted by atomic mass is 16.5. The Bertz CT molecular complexity index is 1220.